The molecule has 2 rings (SSSR count). The molecular weight excluding hydrogens is 280 g/mol. The lowest BCUT2D eigenvalue weighted by Gasteiger charge is -2.10. The number of hydrogen-bond donors (Lipinski definition) is 1. The Morgan fingerprint density at radius 2 is 1.90 bits per heavy atom. The second kappa shape index (κ2) is 7.51. The smallest absolute Gasteiger partial charge is 0.238 e. The van der Waals surface area contributed by atoms with Gasteiger partial charge in [-0.05, 0) is 24.6 Å². The molecule has 0 spiro atoms. The topological polar surface area (TPSA) is 52.9 Å². The molecular formula is C17H16N2OS. The minimum absolute atomic E-state index is 0.128. The summed E-state index contributed by atoms with van der Waals surface area (Å²) in [6.45, 7) is 2.07. The first-order valence-electron chi connectivity index (χ1n) is 6.63. The van der Waals surface area contributed by atoms with E-state index in [0.717, 1.165) is 16.3 Å². The molecule has 3 nitrogen and oxygen atoms in total. The quantitative estimate of drug-likeness (QED) is 0.844. The molecule has 1 amide bonds. The van der Waals surface area contributed by atoms with E-state index in [1.165, 1.54) is 11.1 Å². The van der Waals surface area contributed by atoms with Gasteiger partial charge in [-0.1, -0.05) is 42.0 Å². The van der Waals surface area contributed by atoms with Gasteiger partial charge in [-0.15, -0.1) is 11.8 Å². The van der Waals surface area contributed by atoms with Crippen LogP contribution in [0.4, 0.5) is 5.69 Å². The molecule has 0 atom stereocenters. The predicted octanol–water partition coefficient (Wildman–Crippen LogP) is 4.14. The molecule has 4 heteroatoms. The van der Waals surface area contributed by atoms with Crippen LogP contribution in [0, 0.1) is 18.3 Å². The molecule has 2 aromatic rings. The number of carbonyl (C=O) groups excluding carboxylic acids is 1. The molecule has 106 valence electrons. The van der Waals surface area contributed by atoms with Crippen molar-refractivity contribution in [1.82, 2.24) is 0 Å². The average Bonchev–Trinajstić information content (AvgIpc) is 2.48. The van der Waals surface area contributed by atoms with Gasteiger partial charge in [0, 0.05) is 10.6 Å². The number of nitrogens with one attached hydrogen (secondary N) is 1. The number of anilines is 1. The molecule has 0 saturated carbocycles. The summed E-state index contributed by atoms with van der Waals surface area (Å²) < 4.78 is 0. The third kappa shape index (κ3) is 4.66. The van der Waals surface area contributed by atoms with Crippen LogP contribution in [0.15, 0.2) is 53.4 Å². The van der Waals surface area contributed by atoms with E-state index in [1.54, 1.807) is 11.8 Å². The Morgan fingerprint density at radius 3 is 2.62 bits per heavy atom. The Kier molecular flexibility index (Phi) is 5.42. The molecule has 0 heterocycles. The Labute approximate surface area is 129 Å². The fourth-order valence-electron chi connectivity index (χ4n) is 1.81. The number of para-hydroxylation sites is 1. The SMILES string of the molecule is Cc1ccc(CSc2ccccc2NC(=O)CC#N)cc1. The highest BCUT2D eigenvalue weighted by atomic mass is 32.2. The monoisotopic (exact) mass is 296 g/mol. The lowest BCUT2D eigenvalue weighted by Crippen LogP contribution is -2.10. The summed E-state index contributed by atoms with van der Waals surface area (Å²) >= 11 is 1.67. The molecule has 0 fully saturated rings. The van der Waals surface area contributed by atoms with Crippen molar-refractivity contribution >= 4 is 23.4 Å². The molecule has 0 aliphatic rings. The summed E-state index contributed by atoms with van der Waals surface area (Å²) in [5.74, 6) is 0.562. The van der Waals surface area contributed by atoms with Crippen molar-refractivity contribution in [2.24, 2.45) is 0 Å². The van der Waals surface area contributed by atoms with E-state index in [2.05, 4.69) is 36.5 Å². The number of hydrogen-bond acceptors (Lipinski definition) is 3. The van der Waals surface area contributed by atoms with Crippen LogP contribution in [0.5, 0.6) is 0 Å². The Hall–Kier alpha value is -2.25. The van der Waals surface area contributed by atoms with Gasteiger partial charge >= 0.3 is 0 Å². The predicted molar refractivity (Wildman–Crippen MR) is 86.0 cm³/mol. The molecule has 1 N–H and O–H groups in total. The van der Waals surface area contributed by atoms with Crippen LogP contribution in [0.25, 0.3) is 0 Å². The molecule has 0 unspecified atom stereocenters. The van der Waals surface area contributed by atoms with Crippen LogP contribution in [-0.4, -0.2) is 5.91 Å². The number of benzene rings is 2. The second-order valence-electron chi connectivity index (χ2n) is 4.65. The molecule has 0 aromatic heterocycles. The van der Waals surface area contributed by atoms with Crippen molar-refractivity contribution in [1.29, 1.82) is 5.26 Å². The van der Waals surface area contributed by atoms with E-state index in [0.29, 0.717) is 0 Å². The first-order valence-corrected chi connectivity index (χ1v) is 7.62. The highest BCUT2D eigenvalue weighted by Gasteiger charge is 2.06. The van der Waals surface area contributed by atoms with E-state index >= 15 is 0 Å². The second-order valence-corrected chi connectivity index (χ2v) is 5.67. The van der Waals surface area contributed by atoms with Gasteiger partial charge in [-0.3, -0.25) is 4.79 Å². The van der Waals surface area contributed by atoms with Crippen LogP contribution in [0.1, 0.15) is 17.5 Å². The zero-order chi connectivity index (χ0) is 15.1. The van der Waals surface area contributed by atoms with Gasteiger partial charge in [0.1, 0.15) is 6.42 Å². The summed E-state index contributed by atoms with van der Waals surface area (Å²) in [7, 11) is 0. The van der Waals surface area contributed by atoms with Crippen molar-refractivity contribution in [2.45, 2.75) is 24.0 Å². The van der Waals surface area contributed by atoms with E-state index in [4.69, 9.17) is 5.26 Å². The number of nitriles is 1. The Morgan fingerprint density at radius 1 is 1.19 bits per heavy atom. The van der Waals surface area contributed by atoms with Crippen LogP contribution >= 0.6 is 11.8 Å². The fraction of sp³-hybridized carbons (Fsp3) is 0.176. The molecule has 0 radical (unpaired) electrons. The van der Waals surface area contributed by atoms with Gasteiger partial charge in [0.2, 0.25) is 5.91 Å². The van der Waals surface area contributed by atoms with Crippen LogP contribution < -0.4 is 5.32 Å². The van der Waals surface area contributed by atoms with E-state index in [-0.39, 0.29) is 12.3 Å². The van der Waals surface area contributed by atoms with E-state index < -0.39 is 0 Å². The van der Waals surface area contributed by atoms with Crippen molar-refractivity contribution in [3.63, 3.8) is 0 Å². The van der Waals surface area contributed by atoms with Crippen LogP contribution in [0.3, 0.4) is 0 Å². The minimum atomic E-state index is -0.277. The van der Waals surface area contributed by atoms with Crippen LogP contribution in [0.2, 0.25) is 0 Å². The van der Waals surface area contributed by atoms with Gasteiger partial charge < -0.3 is 5.32 Å². The summed E-state index contributed by atoms with van der Waals surface area (Å²) in [6, 6.07) is 17.9. The maximum Gasteiger partial charge on any atom is 0.238 e. The Balaban J connectivity index is 2.04. The number of aryl methyl sites for hydroxylation is 1. The third-order valence-electron chi connectivity index (χ3n) is 2.92. The number of thioether (sulfide) groups is 1. The van der Waals surface area contributed by atoms with Crippen LogP contribution in [-0.2, 0) is 10.5 Å². The maximum absolute atomic E-state index is 11.5. The van der Waals surface area contributed by atoms with Gasteiger partial charge in [-0.25, -0.2) is 0 Å². The molecule has 0 saturated heterocycles. The third-order valence-corrected chi connectivity index (χ3v) is 4.06. The first-order chi connectivity index (χ1) is 10.2. The van der Waals surface area contributed by atoms with Crippen molar-refractivity contribution in [2.75, 3.05) is 5.32 Å². The summed E-state index contributed by atoms with van der Waals surface area (Å²) in [6.07, 6.45) is -0.128. The van der Waals surface area contributed by atoms with Crippen molar-refractivity contribution < 1.29 is 4.79 Å². The summed E-state index contributed by atoms with van der Waals surface area (Å²) in [4.78, 5) is 12.5. The zero-order valence-corrected chi connectivity index (χ0v) is 12.6. The van der Waals surface area contributed by atoms with Gasteiger partial charge in [0.15, 0.2) is 0 Å². The Bertz CT molecular complexity index is 659. The summed E-state index contributed by atoms with van der Waals surface area (Å²) in [5.41, 5.74) is 3.24. The molecule has 21 heavy (non-hydrogen) atoms. The molecule has 2 aromatic carbocycles. The lowest BCUT2D eigenvalue weighted by atomic mass is 10.2. The van der Waals surface area contributed by atoms with Gasteiger partial charge in [0.25, 0.3) is 0 Å². The van der Waals surface area contributed by atoms with Gasteiger partial charge in [0.05, 0.1) is 11.8 Å². The number of nitrogens with zero attached hydrogens (tertiary/aromatic N) is 1. The van der Waals surface area contributed by atoms with Crippen molar-refractivity contribution in [3.8, 4) is 6.07 Å². The van der Waals surface area contributed by atoms with Gasteiger partial charge in [-0.2, -0.15) is 5.26 Å². The number of carbonyl (C=O) groups is 1. The lowest BCUT2D eigenvalue weighted by molar-refractivity contribution is -0.115. The average molecular weight is 296 g/mol. The normalized spacial score (nSPS) is 9.90. The standard InChI is InChI=1S/C17H16N2OS/c1-13-6-8-14(9-7-13)12-21-16-5-3-2-4-15(16)19-17(20)10-11-18/h2-9H,10,12H2,1H3,(H,19,20). The highest BCUT2D eigenvalue weighted by Crippen LogP contribution is 2.29. The van der Waals surface area contributed by atoms with E-state index in [9.17, 15) is 4.79 Å². The molecule has 0 aliphatic carbocycles. The maximum atomic E-state index is 11.5. The van der Waals surface area contributed by atoms with E-state index in [1.807, 2.05) is 30.3 Å². The minimum Gasteiger partial charge on any atom is -0.324 e. The largest absolute Gasteiger partial charge is 0.324 e. The summed E-state index contributed by atoms with van der Waals surface area (Å²) in [5, 5.41) is 11.3. The fourth-order valence-corrected chi connectivity index (χ4v) is 2.77. The molecule has 0 aliphatic heterocycles. The molecule has 0 bridgehead atoms. The number of amides is 1. The first kappa shape index (κ1) is 15.1. The van der Waals surface area contributed by atoms with Crippen molar-refractivity contribution in [3.05, 3.63) is 59.7 Å². The highest BCUT2D eigenvalue weighted by molar-refractivity contribution is 7.98. The number of rotatable bonds is 5. The zero-order valence-electron chi connectivity index (χ0n) is 11.8.